The molecule has 1 heterocycles. The van der Waals surface area contributed by atoms with Crippen LogP contribution in [0.1, 0.15) is 40.1 Å². The molecule has 5 N–H and O–H groups in total. The fourth-order valence-corrected chi connectivity index (χ4v) is 4.39. The van der Waals surface area contributed by atoms with Crippen molar-refractivity contribution in [2.75, 3.05) is 37.9 Å². The highest BCUT2D eigenvalue weighted by molar-refractivity contribution is 7.98. The van der Waals surface area contributed by atoms with Gasteiger partial charge >= 0.3 is 11.9 Å². The van der Waals surface area contributed by atoms with Crippen LogP contribution in [0, 0.1) is 0 Å². The molecule has 16 heteroatoms. The Hall–Kier alpha value is -5.77. The Balaban J connectivity index is 1.89. The first-order valence-electron chi connectivity index (χ1n) is 15.1. The molecule has 3 rings (SSSR count). The van der Waals surface area contributed by atoms with E-state index in [1.165, 1.54) is 18.0 Å². The number of hydrogen-bond acceptors (Lipinski definition) is 12. The van der Waals surface area contributed by atoms with E-state index in [0.717, 1.165) is 6.20 Å². The summed E-state index contributed by atoms with van der Waals surface area (Å²) in [5, 5.41) is 13.1. The summed E-state index contributed by atoms with van der Waals surface area (Å²) >= 11 is 1.21. The second kappa shape index (κ2) is 19.8. The van der Waals surface area contributed by atoms with E-state index in [1.54, 1.807) is 80.8 Å². The molecule has 49 heavy (non-hydrogen) atoms. The smallest absolute Gasteiger partial charge is 0.343 e. The molecule has 3 aromatic rings. The lowest BCUT2D eigenvalue weighted by molar-refractivity contribution is -0.143. The summed E-state index contributed by atoms with van der Waals surface area (Å²) in [7, 11) is 0. The zero-order valence-electron chi connectivity index (χ0n) is 27.1. The largest absolute Gasteiger partial charge is 0.465 e. The van der Waals surface area contributed by atoms with Crippen LogP contribution in [0.5, 0.6) is 0 Å². The molecule has 0 saturated heterocycles. The van der Waals surface area contributed by atoms with Gasteiger partial charge in [0.15, 0.2) is 5.16 Å². The third kappa shape index (κ3) is 12.4. The number of benzene rings is 2. The Morgan fingerprint density at radius 1 is 0.878 bits per heavy atom. The Morgan fingerprint density at radius 3 is 2.20 bits per heavy atom. The van der Waals surface area contributed by atoms with Gasteiger partial charge in [-0.3, -0.25) is 24.0 Å². The van der Waals surface area contributed by atoms with Gasteiger partial charge in [0.05, 0.1) is 19.8 Å². The minimum Gasteiger partial charge on any atom is -0.465 e. The maximum atomic E-state index is 13.8. The van der Waals surface area contributed by atoms with E-state index in [1.807, 2.05) is 0 Å². The van der Waals surface area contributed by atoms with E-state index < -0.39 is 48.2 Å². The number of esters is 2. The second-order valence-electron chi connectivity index (χ2n) is 9.88. The van der Waals surface area contributed by atoms with Crippen molar-refractivity contribution in [2.24, 2.45) is 0 Å². The first kappa shape index (κ1) is 37.7. The quantitative estimate of drug-likeness (QED) is 0.0592. The summed E-state index contributed by atoms with van der Waals surface area (Å²) in [5.74, 6) is -4.22. The van der Waals surface area contributed by atoms with E-state index in [2.05, 4.69) is 36.6 Å². The third-order valence-electron chi connectivity index (χ3n) is 6.39. The molecule has 0 spiro atoms. The normalized spacial score (nSPS) is 11.4. The molecule has 0 saturated carbocycles. The van der Waals surface area contributed by atoms with Crippen LogP contribution in [0.2, 0.25) is 0 Å². The summed E-state index contributed by atoms with van der Waals surface area (Å²) in [6.07, 6.45) is 4.16. The van der Waals surface area contributed by atoms with Gasteiger partial charge in [0.1, 0.15) is 29.7 Å². The Morgan fingerprint density at radius 2 is 1.55 bits per heavy atom. The van der Waals surface area contributed by atoms with Crippen molar-refractivity contribution in [1.29, 1.82) is 0 Å². The fourth-order valence-electron chi connectivity index (χ4n) is 4.05. The molecule has 4 amide bonds. The number of carbonyl (C=O) groups is 6. The van der Waals surface area contributed by atoms with E-state index in [4.69, 9.17) is 9.47 Å². The van der Waals surface area contributed by atoms with Crippen LogP contribution in [-0.2, 0) is 35.1 Å². The number of rotatable bonds is 17. The number of nitrogens with one attached hydrogen (secondary N) is 5. The molecule has 15 nitrogen and oxygen atoms in total. The van der Waals surface area contributed by atoms with Crippen LogP contribution in [0.25, 0.3) is 0 Å². The number of aromatic nitrogens is 2. The van der Waals surface area contributed by atoms with Crippen LogP contribution < -0.4 is 26.6 Å². The van der Waals surface area contributed by atoms with E-state index in [0.29, 0.717) is 10.7 Å². The second-order valence-corrected chi connectivity index (χ2v) is 10.7. The monoisotopic (exact) mass is 691 g/mol. The predicted octanol–water partition coefficient (Wildman–Crippen LogP) is 1.58. The van der Waals surface area contributed by atoms with E-state index in [9.17, 15) is 28.8 Å². The zero-order chi connectivity index (χ0) is 35.6. The third-order valence-corrected chi connectivity index (χ3v) is 6.95. The molecule has 0 fully saturated rings. The van der Waals surface area contributed by atoms with Crippen LogP contribution in [0.3, 0.4) is 0 Å². The van der Waals surface area contributed by atoms with Crippen LogP contribution >= 0.6 is 11.8 Å². The predicted molar refractivity (Wildman–Crippen MR) is 180 cm³/mol. The number of anilines is 1. The fraction of sp³-hybridized carbons (Fsp3) is 0.273. The highest BCUT2D eigenvalue weighted by Gasteiger charge is 2.25. The average Bonchev–Trinajstić information content (AvgIpc) is 3.11. The highest BCUT2D eigenvalue weighted by Crippen LogP contribution is 2.18. The van der Waals surface area contributed by atoms with Crippen LogP contribution in [0.15, 0.2) is 83.9 Å². The summed E-state index contributed by atoms with van der Waals surface area (Å²) in [6, 6.07) is 15.7. The van der Waals surface area contributed by atoms with Gasteiger partial charge in [-0.1, -0.05) is 60.3 Å². The topological polar surface area (TPSA) is 207 Å². The number of ether oxygens (including phenoxy) is 2. The number of carbonyl (C=O) groups excluding carboxylic acids is 6. The minimum atomic E-state index is -1.22. The van der Waals surface area contributed by atoms with Crippen molar-refractivity contribution in [3.63, 3.8) is 0 Å². The zero-order valence-corrected chi connectivity index (χ0v) is 27.9. The van der Waals surface area contributed by atoms with Gasteiger partial charge in [0, 0.05) is 24.4 Å². The van der Waals surface area contributed by atoms with Gasteiger partial charge in [-0.2, -0.15) is 0 Å². The number of amides is 4. The number of nitrogens with zero attached hydrogens (tertiary/aromatic N) is 2. The lowest BCUT2D eigenvalue weighted by Gasteiger charge is -2.20. The van der Waals surface area contributed by atoms with Crippen molar-refractivity contribution in [3.05, 3.63) is 95.4 Å². The van der Waals surface area contributed by atoms with E-state index >= 15 is 0 Å². The molecular formula is C33H37N7O8S. The molecule has 0 radical (unpaired) electrons. The van der Waals surface area contributed by atoms with Gasteiger partial charge in [-0.05, 0) is 37.8 Å². The molecular weight excluding hydrogens is 654 g/mol. The van der Waals surface area contributed by atoms with Gasteiger partial charge < -0.3 is 36.1 Å². The molecule has 0 bridgehead atoms. The average molecular weight is 692 g/mol. The van der Waals surface area contributed by atoms with Crippen molar-refractivity contribution in [1.82, 2.24) is 31.2 Å². The molecule has 0 aliphatic heterocycles. The lowest BCUT2D eigenvalue weighted by Crippen LogP contribution is -2.51. The maximum Gasteiger partial charge on any atom is 0.343 e. The van der Waals surface area contributed by atoms with Crippen molar-refractivity contribution in [2.45, 2.75) is 31.5 Å². The van der Waals surface area contributed by atoms with Gasteiger partial charge in [-0.15, -0.1) is 0 Å². The lowest BCUT2D eigenvalue weighted by atomic mass is 10.0. The summed E-state index contributed by atoms with van der Waals surface area (Å²) < 4.78 is 9.87. The number of hydrogen-bond donors (Lipinski definition) is 5. The SMILES string of the molecule is CCOC(=O)CNC(=O)CNC(=O)[C@H](Cc1ccccc1)NC(=O)/C(=C/Nc1nc(SC)ncc1C(=O)OCC)NC(=O)c1ccccc1. The Kier molecular flexibility index (Phi) is 15.2. The summed E-state index contributed by atoms with van der Waals surface area (Å²) in [4.78, 5) is 85.1. The molecule has 0 aliphatic carbocycles. The Bertz CT molecular complexity index is 1660. The van der Waals surface area contributed by atoms with Crippen molar-refractivity contribution < 1.29 is 38.2 Å². The molecule has 2 aromatic carbocycles. The molecule has 0 unspecified atom stereocenters. The van der Waals surface area contributed by atoms with Gasteiger partial charge in [-0.25, -0.2) is 14.8 Å². The minimum absolute atomic E-state index is 0.00414. The summed E-state index contributed by atoms with van der Waals surface area (Å²) in [6.45, 7) is 2.64. The molecule has 0 aliphatic rings. The van der Waals surface area contributed by atoms with Gasteiger partial charge in [0.25, 0.3) is 11.8 Å². The number of thioether (sulfide) groups is 1. The highest BCUT2D eigenvalue weighted by atomic mass is 32.2. The maximum absolute atomic E-state index is 13.8. The standard InChI is InChI=1S/C33H37N7O8S/c1-4-47-27(42)20-34-26(41)19-36-30(44)24(16-21-12-8-6-9-13-21)38-31(45)25(39-29(43)22-14-10-7-11-15-22)18-35-28-23(32(46)48-5-2)17-37-33(40-28)49-3/h6-15,17-18,24H,4-5,16,19-20H2,1-3H3,(H,34,41)(H,36,44)(H,38,45)(H,39,43)(H,35,37,40)/b25-18-/t24-/m0/s1. The van der Waals surface area contributed by atoms with Crippen LogP contribution in [-0.4, -0.2) is 84.1 Å². The van der Waals surface area contributed by atoms with Crippen molar-refractivity contribution in [3.8, 4) is 0 Å². The molecule has 1 atom stereocenters. The molecule has 258 valence electrons. The summed E-state index contributed by atoms with van der Waals surface area (Å²) in [5.41, 5.74) is 0.586. The van der Waals surface area contributed by atoms with Gasteiger partial charge in [0.2, 0.25) is 11.8 Å². The van der Waals surface area contributed by atoms with Crippen molar-refractivity contribution >= 4 is 53.1 Å². The first-order valence-corrected chi connectivity index (χ1v) is 16.3. The van der Waals surface area contributed by atoms with E-state index in [-0.39, 0.29) is 48.8 Å². The molecule has 1 aromatic heterocycles. The van der Waals surface area contributed by atoms with Crippen LogP contribution in [0.4, 0.5) is 5.82 Å². The Labute approximate surface area is 287 Å². The first-order chi connectivity index (χ1) is 23.6.